The molecular formula is C19H17Cl2N5O. The highest BCUT2D eigenvalue weighted by Gasteiger charge is 2.23. The third-order valence-electron chi connectivity index (χ3n) is 4.52. The number of benzene rings is 2. The van der Waals surface area contributed by atoms with Gasteiger partial charge in [0.2, 0.25) is 0 Å². The van der Waals surface area contributed by atoms with Crippen molar-refractivity contribution in [1.29, 1.82) is 0 Å². The topological polar surface area (TPSA) is 66.5 Å². The molecule has 1 atom stereocenters. The van der Waals surface area contributed by atoms with Gasteiger partial charge in [-0.1, -0.05) is 54.4 Å². The van der Waals surface area contributed by atoms with Gasteiger partial charge in [-0.05, 0) is 23.8 Å². The van der Waals surface area contributed by atoms with Gasteiger partial charge >= 0.3 is 0 Å². The van der Waals surface area contributed by atoms with Crippen LogP contribution < -0.4 is 0 Å². The highest BCUT2D eigenvalue weighted by atomic mass is 35.5. The number of hydrogen-bond acceptors (Lipinski definition) is 5. The van der Waals surface area contributed by atoms with E-state index in [9.17, 15) is 5.21 Å². The number of nitrogens with zero attached hydrogens (tertiary/aromatic N) is 5. The van der Waals surface area contributed by atoms with Gasteiger partial charge in [-0.3, -0.25) is 9.56 Å². The highest BCUT2D eigenvalue weighted by molar-refractivity contribution is 6.35. The molecule has 0 saturated carbocycles. The van der Waals surface area contributed by atoms with Gasteiger partial charge in [0.1, 0.15) is 18.4 Å². The summed E-state index contributed by atoms with van der Waals surface area (Å²) in [5, 5.41) is 19.9. The number of alkyl halides is 1. The van der Waals surface area contributed by atoms with Crippen LogP contribution in [0, 0.1) is 0 Å². The van der Waals surface area contributed by atoms with Gasteiger partial charge in [0.15, 0.2) is 5.82 Å². The SMILES string of the molecule is CCN(O)C(Cl)c1ccc2c(c1)C(c1ccccc1Cl)=NCc1nncn1-2. The second-order valence-electron chi connectivity index (χ2n) is 6.13. The van der Waals surface area contributed by atoms with E-state index < -0.39 is 5.50 Å². The molecule has 1 unspecified atom stereocenters. The van der Waals surface area contributed by atoms with Crippen molar-refractivity contribution in [2.45, 2.75) is 19.0 Å². The molecular weight excluding hydrogens is 385 g/mol. The Bertz CT molecular complexity index is 1020. The van der Waals surface area contributed by atoms with Gasteiger partial charge < -0.3 is 5.21 Å². The van der Waals surface area contributed by atoms with Crippen LogP contribution >= 0.6 is 23.2 Å². The zero-order valence-electron chi connectivity index (χ0n) is 14.5. The second-order valence-corrected chi connectivity index (χ2v) is 6.95. The lowest BCUT2D eigenvalue weighted by Crippen LogP contribution is -2.21. The van der Waals surface area contributed by atoms with Crippen LogP contribution in [0.15, 0.2) is 53.8 Å². The van der Waals surface area contributed by atoms with Gasteiger partial charge in [-0.2, -0.15) is 5.06 Å². The molecule has 1 aliphatic heterocycles. The number of hydroxylamine groups is 2. The first-order chi connectivity index (χ1) is 13.1. The predicted octanol–water partition coefficient (Wildman–Crippen LogP) is 4.22. The van der Waals surface area contributed by atoms with Gasteiger partial charge in [-0.15, -0.1) is 10.2 Å². The minimum atomic E-state index is -0.670. The van der Waals surface area contributed by atoms with E-state index in [4.69, 9.17) is 28.2 Å². The van der Waals surface area contributed by atoms with Gasteiger partial charge in [0.05, 0.1) is 11.4 Å². The average molecular weight is 402 g/mol. The summed E-state index contributed by atoms with van der Waals surface area (Å²) < 4.78 is 1.91. The Kier molecular flexibility index (Phi) is 4.97. The first-order valence-corrected chi connectivity index (χ1v) is 9.34. The predicted molar refractivity (Wildman–Crippen MR) is 105 cm³/mol. The highest BCUT2D eigenvalue weighted by Crippen LogP contribution is 2.31. The van der Waals surface area contributed by atoms with Gasteiger partial charge in [0, 0.05) is 22.7 Å². The molecule has 8 heteroatoms. The molecule has 0 fully saturated rings. The van der Waals surface area contributed by atoms with Crippen LogP contribution in [0.2, 0.25) is 5.02 Å². The Hall–Kier alpha value is -2.25. The number of aromatic nitrogens is 3. The van der Waals surface area contributed by atoms with Crippen LogP contribution in [0.25, 0.3) is 5.69 Å². The molecule has 6 nitrogen and oxygen atoms in total. The molecule has 1 aromatic heterocycles. The normalized spacial score (nSPS) is 14.3. The minimum Gasteiger partial charge on any atom is -0.312 e. The van der Waals surface area contributed by atoms with E-state index >= 15 is 0 Å². The molecule has 4 rings (SSSR count). The van der Waals surface area contributed by atoms with Crippen LogP contribution in [0.4, 0.5) is 0 Å². The smallest absolute Gasteiger partial charge is 0.159 e. The van der Waals surface area contributed by atoms with E-state index in [1.807, 2.05) is 54.0 Å². The van der Waals surface area contributed by atoms with Crippen molar-refractivity contribution in [2.24, 2.45) is 4.99 Å². The molecule has 0 bridgehead atoms. The van der Waals surface area contributed by atoms with E-state index in [1.54, 1.807) is 6.33 Å². The monoisotopic (exact) mass is 401 g/mol. The van der Waals surface area contributed by atoms with Crippen LogP contribution in [0.1, 0.15) is 34.9 Å². The molecule has 0 aliphatic carbocycles. The largest absolute Gasteiger partial charge is 0.312 e. The zero-order chi connectivity index (χ0) is 19.0. The third kappa shape index (κ3) is 3.26. The van der Waals surface area contributed by atoms with Crippen molar-refractivity contribution in [3.63, 3.8) is 0 Å². The van der Waals surface area contributed by atoms with E-state index in [-0.39, 0.29) is 0 Å². The lowest BCUT2D eigenvalue weighted by atomic mass is 9.98. The third-order valence-corrected chi connectivity index (χ3v) is 5.33. The standard InChI is InChI=1S/C19H17Cl2N5O/c1-2-26(27)19(21)12-7-8-16-14(9-12)18(13-5-3-4-6-15(13)20)22-10-17-24-23-11-25(16)17/h3-9,11,19,27H,2,10H2,1H3. The van der Waals surface area contributed by atoms with E-state index in [0.29, 0.717) is 18.1 Å². The Morgan fingerprint density at radius 3 is 2.81 bits per heavy atom. The summed E-state index contributed by atoms with van der Waals surface area (Å²) in [7, 11) is 0. The maximum atomic E-state index is 10.0. The van der Waals surface area contributed by atoms with E-state index in [0.717, 1.165) is 39.0 Å². The molecule has 2 heterocycles. The molecule has 138 valence electrons. The van der Waals surface area contributed by atoms with Crippen molar-refractivity contribution < 1.29 is 5.21 Å². The Balaban J connectivity index is 1.92. The number of aliphatic imine (C=N–C) groups is 1. The summed E-state index contributed by atoms with van der Waals surface area (Å²) in [6, 6.07) is 13.3. The molecule has 0 radical (unpaired) electrons. The number of halogens is 2. The molecule has 27 heavy (non-hydrogen) atoms. The second kappa shape index (κ2) is 7.40. The van der Waals surface area contributed by atoms with Crippen molar-refractivity contribution >= 4 is 28.9 Å². The average Bonchev–Trinajstić information content (AvgIpc) is 3.11. The zero-order valence-corrected chi connectivity index (χ0v) is 16.1. The lowest BCUT2D eigenvalue weighted by Gasteiger charge is -2.21. The quantitative estimate of drug-likeness (QED) is 0.403. The van der Waals surface area contributed by atoms with Crippen LogP contribution in [-0.2, 0) is 6.54 Å². The minimum absolute atomic E-state index is 0.385. The fourth-order valence-electron chi connectivity index (χ4n) is 3.12. The first-order valence-electron chi connectivity index (χ1n) is 8.52. The number of hydrogen-bond donors (Lipinski definition) is 1. The molecule has 0 amide bonds. The van der Waals surface area contributed by atoms with Crippen molar-refractivity contribution in [3.05, 3.63) is 76.3 Å². The van der Waals surface area contributed by atoms with Crippen LogP contribution in [-0.4, -0.2) is 37.3 Å². The van der Waals surface area contributed by atoms with Gasteiger partial charge in [0.25, 0.3) is 0 Å². The summed E-state index contributed by atoms with van der Waals surface area (Å²) in [5.74, 6) is 0.741. The molecule has 1 N–H and O–H groups in total. The van der Waals surface area contributed by atoms with E-state index in [2.05, 4.69) is 10.2 Å². The summed E-state index contributed by atoms with van der Waals surface area (Å²) in [5.41, 5.74) is 3.42. The fourth-order valence-corrected chi connectivity index (χ4v) is 3.62. The number of fused-ring (bicyclic) bond motifs is 3. The molecule has 0 saturated heterocycles. The maximum absolute atomic E-state index is 10.0. The summed E-state index contributed by atoms with van der Waals surface area (Å²) in [4.78, 5) is 4.76. The van der Waals surface area contributed by atoms with Crippen molar-refractivity contribution in [2.75, 3.05) is 6.54 Å². The summed E-state index contributed by atoms with van der Waals surface area (Å²) in [6.07, 6.45) is 1.67. The van der Waals surface area contributed by atoms with Crippen LogP contribution in [0.3, 0.4) is 0 Å². The van der Waals surface area contributed by atoms with Gasteiger partial charge in [-0.25, -0.2) is 0 Å². The Morgan fingerprint density at radius 1 is 1.22 bits per heavy atom. The maximum Gasteiger partial charge on any atom is 0.159 e. The number of rotatable bonds is 4. The first kappa shape index (κ1) is 18.1. The van der Waals surface area contributed by atoms with Crippen molar-refractivity contribution in [1.82, 2.24) is 19.8 Å². The summed E-state index contributed by atoms with van der Waals surface area (Å²) in [6.45, 7) is 2.63. The molecule has 2 aromatic carbocycles. The Morgan fingerprint density at radius 2 is 2.04 bits per heavy atom. The molecule has 0 spiro atoms. The van der Waals surface area contributed by atoms with Crippen molar-refractivity contribution in [3.8, 4) is 5.69 Å². The Labute approximate surface area is 166 Å². The summed E-state index contributed by atoms with van der Waals surface area (Å²) >= 11 is 12.9. The molecule has 3 aromatic rings. The van der Waals surface area contributed by atoms with E-state index in [1.165, 1.54) is 0 Å². The molecule has 1 aliphatic rings. The van der Waals surface area contributed by atoms with Crippen LogP contribution in [0.5, 0.6) is 0 Å². The lowest BCUT2D eigenvalue weighted by molar-refractivity contribution is -0.100. The fraction of sp³-hybridized carbons (Fsp3) is 0.211.